The van der Waals surface area contributed by atoms with E-state index in [9.17, 15) is 14.4 Å². The first kappa shape index (κ1) is 26.2. The van der Waals surface area contributed by atoms with Crippen molar-refractivity contribution in [1.29, 1.82) is 0 Å². The van der Waals surface area contributed by atoms with E-state index in [1.54, 1.807) is 27.7 Å². The molecular weight excluding hydrogens is 468 g/mol. The highest BCUT2D eigenvalue weighted by atomic mass is 16.6. The maximum Gasteiger partial charge on any atom is 0.410 e. The van der Waals surface area contributed by atoms with E-state index in [0.29, 0.717) is 25.1 Å². The average molecular weight is 503 g/mol. The van der Waals surface area contributed by atoms with Crippen LogP contribution in [0, 0.1) is 0 Å². The van der Waals surface area contributed by atoms with Crippen LogP contribution in [0.3, 0.4) is 0 Å². The van der Waals surface area contributed by atoms with Gasteiger partial charge in [-0.1, -0.05) is 60.7 Å². The zero-order chi connectivity index (χ0) is 26.6. The van der Waals surface area contributed by atoms with Gasteiger partial charge in [-0.15, -0.1) is 0 Å². The Morgan fingerprint density at radius 1 is 0.973 bits per heavy atom. The molecule has 0 aliphatic carbocycles. The molecule has 2 atom stereocenters. The second-order valence-electron chi connectivity index (χ2n) is 10.3. The fraction of sp³-hybridized carbons (Fsp3) is 0.367. The number of benzene rings is 3. The molecule has 3 aromatic carbocycles. The molecule has 0 radical (unpaired) electrons. The minimum atomic E-state index is -0.893. The van der Waals surface area contributed by atoms with Crippen molar-refractivity contribution in [2.75, 3.05) is 11.4 Å². The summed E-state index contributed by atoms with van der Waals surface area (Å²) in [6.45, 7) is 7.58. The molecule has 7 nitrogen and oxygen atoms in total. The molecule has 0 aromatic heterocycles. The molecule has 0 bridgehead atoms. The second kappa shape index (κ2) is 11.0. The van der Waals surface area contributed by atoms with Crippen molar-refractivity contribution in [3.63, 3.8) is 0 Å². The van der Waals surface area contributed by atoms with Crippen LogP contribution in [-0.2, 0) is 25.7 Å². The first-order valence-corrected chi connectivity index (χ1v) is 12.7. The summed E-state index contributed by atoms with van der Waals surface area (Å²) >= 11 is 0. The van der Waals surface area contributed by atoms with Crippen molar-refractivity contribution in [3.8, 4) is 0 Å². The number of anilines is 1. The Morgan fingerprint density at radius 2 is 1.65 bits per heavy atom. The van der Waals surface area contributed by atoms with Crippen LogP contribution >= 0.6 is 0 Å². The number of hydrogen-bond donors (Lipinski definition) is 0. The van der Waals surface area contributed by atoms with E-state index in [1.165, 1.54) is 9.80 Å². The van der Waals surface area contributed by atoms with Gasteiger partial charge in [-0.2, -0.15) is 0 Å². The van der Waals surface area contributed by atoms with Crippen LogP contribution in [0.4, 0.5) is 10.5 Å². The molecule has 1 aliphatic heterocycles. The van der Waals surface area contributed by atoms with E-state index in [0.717, 1.165) is 16.3 Å². The van der Waals surface area contributed by atoms with Crippen molar-refractivity contribution >= 4 is 34.4 Å². The minimum Gasteiger partial charge on any atom is -0.458 e. The quantitative estimate of drug-likeness (QED) is 0.404. The van der Waals surface area contributed by atoms with Gasteiger partial charge in [0.2, 0.25) is 0 Å². The number of amides is 2. The number of rotatable bonds is 6. The molecule has 1 heterocycles. The summed E-state index contributed by atoms with van der Waals surface area (Å²) in [4.78, 5) is 43.1. The van der Waals surface area contributed by atoms with Crippen LogP contribution in [0.5, 0.6) is 0 Å². The van der Waals surface area contributed by atoms with E-state index in [1.807, 2.05) is 72.8 Å². The van der Waals surface area contributed by atoms with Crippen LogP contribution in [-0.4, -0.2) is 47.1 Å². The number of likely N-dealkylation sites (tertiary alicyclic amines) is 1. The van der Waals surface area contributed by atoms with Gasteiger partial charge in [-0.05, 0) is 69.0 Å². The Morgan fingerprint density at radius 3 is 2.35 bits per heavy atom. The average Bonchev–Trinajstić information content (AvgIpc) is 3.37. The number of hydrogen-bond acceptors (Lipinski definition) is 5. The van der Waals surface area contributed by atoms with Crippen molar-refractivity contribution in [2.45, 2.75) is 64.8 Å². The number of carbonyl (C=O) groups excluding carboxylic acids is 3. The lowest BCUT2D eigenvalue weighted by molar-refractivity contribution is -0.157. The first-order chi connectivity index (χ1) is 17.6. The monoisotopic (exact) mass is 502 g/mol. The second-order valence-corrected chi connectivity index (χ2v) is 10.3. The lowest BCUT2D eigenvalue weighted by Crippen LogP contribution is -2.53. The smallest absolute Gasteiger partial charge is 0.410 e. The highest BCUT2D eigenvalue weighted by Gasteiger charge is 2.41. The third-order valence-electron chi connectivity index (χ3n) is 6.36. The van der Waals surface area contributed by atoms with Crippen LogP contribution in [0.1, 0.15) is 46.1 Å². The molecule has 0 N–H and O–H groups in total. The van der Waals surface area contributed by atoms with Crippen molar-refractivity contribution in [3.05, 3.63) is 78.4 Å². The largest absolute Gasteiger partial charge is 0.458 e. The van der Waals surface area contributed by atoms with Crippen molar-refractivity contribution in [2.24, 2.45) is 0 Å². The van der Waals surface area contributed by atoms with Crippen LogP contribution < -0.4 is 4.90 Å². The summed E-state index contributed by atoms with van der Waals surface area (Å²) < 4.78 is 11.2. The van der Waals surface area contributed by atoms with E-state index in [-0.39, 0.29) is 12.5 Å². The van der Waals surface area contributed by atoms with Gasteiger partial charge in [0.05, 0.1) is 0 Å². The Balaban J connectivity index is 1.61. The van der Waals surface area contributed by atoms with Crippen LogP contribution in [0.2, 0.25) is 0 Å². The Kier molecular flexibility index (Phi) is 7.81. The fourth-order valence-corrected chi connectivity index (χ4v) is 4.57. The van der Waals surface area contributed by atoms with Gasteiger partial charge in [0.15, 0.2) is 0 Å². The topological polar surface area (TPSA) is 76.2 Å². The summed E-state index contributed by atoms with van der Waals surface area (Å²) in [7, 11) is 0. The third kappa shape index (κ3) is 6.28. The summed E-state index contributed by atoms with van der Waals surface area (Å²) in [5, 5.41) is 1.97. The van der Waals surface area contributed by atoms with E-state index in [2.05, 4.69) is 0 Å². The van der Waals surface area contributed by atoms with E-state index in [4.69, 9.17) is 9.47 Å². The van der Waals surface area contributed by atoms with Gasteiger partial charge >= 0.3 is 12.1 Å². The molecule has 4 rings (SSSR count). The van der Waals surface area contributed by atoms with Gasteiger partial charge < -0.3 is 9.47 Å². The van der Waals surface area contributed by atoms with Gasteiger partial charge in [0.1, 0.15) is 24.3 Å². The van der Waals surface area contributed by atoms with Gasteiger partial charge in [0.25, 0.3) is 5.91 Å². The standard InChI is InChI=1S/C30H34N2O5/c1-21(28(34)37-30(2,3)4)32(25-17-16-23-13-8-9-14-24(23)19-25)27(33)26-15-10-18-31(26)29(35)36-20-22-11-6-5-7-12-22/h5-9,11-14,16-17,19,21,26H,10,15,18,20H2,1-4H3/t21-,26-/m0/s1. The summed E-state index contributed by atoms with van der Waals surface area (Å²) in [6.07, 6.45) is 0.622. The summed E-state index contributed by atoms with van der Waals surface area (Å²) in [6, 6.07) is 21.3. The molecule has 7 heteroatoms. The molecular formula is C30H34N2O5. The SMILES string of the molecule is C[C@@H](C(=O)OC(C)(C)C)N(C(=O)[C@@H]1CCCN1C(=O)OCc1ccccc1)c1ccc2ccccc2c1. The summed E-state index contributed by atoms with van der Waals surface area (Å²) in [5.74, 6) is -0.840. The molecule has 3 aromatic rings. The highest BCUT2D eigenvalue weighted by Crippen LogP contribution is 2.29. The third-order valence-corrected chi connectivity index (χ3v) is 6.36. The van der Waals surface area contributed by atoms with E-state index >= 15 is 0 Å². The number of fused-ring (bicyclic) bond motifs is 1. The molecule has 1 fully saturated rings. The van der Waals surface area contributed by atoms with Gasteiger partial charge in [-0.3, -0.25) is 14.6 Å². The minimum absolute atomic E-state index is 0.125. The highest BCUT2D eigenvalue weighted by molar-refractivity contribution is 6.04. The lowest BCUT2D eigenvalue weighted by atomic mass is 10.1. The zero-order valence-electron chi connectivity index (χ0n) is 21.8. The number of ether oxygens (including phenoxy) is 2. The van der Waals surface area contributed by atoms with Gasteiger partial charge in [0, 0.05) is 12.2 Å². The molecule has 1 aliphatic rings. The Bertz CT molecular complexity index is 1270. The zero-order valence-corrected chi connectivity index (χ0v) is 21.8. The summed E-state index contributed by atoms with van der Waals surface area (Å²) in [5.41, 5.74) is 0.741. The molecule has 2 amide bonds. The predicted octanol–water partition coefficient (Wildman–Crippen LogP) is 5.70. The van der Waals surface area contributed by atoms with Crippen LogP contribution in [0.25, 0.3) is 10.8 Å². The molecule has 0 unspecified atom stereocenters. The predicted molar refractivity (Wildman–Crippen MR) is 143 cm³/mol. The fourth-order valence-electron chi connectivity index (χ4n) is 4.57. The van der Waals surface area contributed by atoms with Crippen LogP contribution in [0.15, 0.2) is 72.8 Å². The molecule has 0 spiro atoms. The molecule has 0 saturated carbocycles. The Hall–Kier alpha value is -3.87. The van der Waals surface area contributed by atoms with E-state index < -0.39 is 29.7 Å². The number of nitrogens with zero attached hydrogens (tertiary/aromatic N) is 2. The number of esters is 1. The van der Waals surface area contributed by atoms with Crippen molar-refractivity contribution < 1.29 is 23.9 Å². The maximum absolute atomic E-state index is 14.1. The molecule has 37 heavy (non-hydrogen) atoms. The first-order valence-electron chi connectivity index (χ1n) is 12.7. The maximum atomic E-state index is 14.1. The number of carbonyl (C=O) groups is 3. The Labute approximate surface area is 218 Å². The molecule has 194 valence electrons. The van der Waals surface area contributed by atoms with Crippen molar-refractivity contribution in [1.82, 2.24) is 4.90 Å². The lowest BCUT2D eigenvalue weighted by Gasteiger charge is -2.34. The molecule has 1 saturated heterocycles. The van der Waals surface area contributed by atoms with Gasteiger partial charge in [-0.25, -0.2) is 9.59 Å². The normalized spacial score (nSPS) is 16.3.